The third-order valence-corrected chi connectivity index (χ3v) is 5.67. The van der Waals surface area contributed by atoms with E-state index in [-0.39, 0.29) is 31.3 Å². The number of piperidine rings is 1. The Morgan fingerprint density at radius 3 is 2.72 bits per heavy atom. The van der Waals surface area contributed by atoms with Crippen LogP contribution in [0.4, 0.5) is 13.2 Å². The van der Waals surface area contributed by atoms with Gasteiger partial charge in [0, 0.05) is 30.6 Å². The molecule has 7 nitrogen and oxygen atoms in total. The second-order valence-corrected chi connectivity index (χ2v) is 7.81. The fourth-order valence-electron chi connectivity index (χ4n) is 3.98. The van der Waals surface area contributed by atoms with E-state index in [1.807, 2.05) is 0 Å². The molecule has 168 valence electrons. The number of nitrogens with one attached hydrogen (secondary N) is 2. The molecule has 3 N–H and O–H groups in total. The molecule has 1 fully saturated rings. The van der Waals surface area contributed by atoms with Crippen LogP contribution >= 0.6 is 0 Å². The van der Waals surface area contributed by atoms with Crippen LogP contribution < -0.4 is 10.6 Å². The summed E-state index contributed by atoms with van der Waals surface area (Å²) in [5, 5.41) is 14.7. The molecule has 2 aliphatic heterocycles. The first-order valence-corrected chi connectivity index (χ1v) is 9.99. The number of amides is 3. The molecule has 32 heavy (non-hydrogen) atoms. The van der Waals surface area contributed by atoms with E-state index >= 15 is 0 Å². The number of rotatable bonds is 5. The highest BCUT2D eigenvalue weighted by Gasteiger charge is 2.41. The molecule has 2 aromatic rings. The van der Waals surface area contributed by atoms with Crippen molar-refractivity contribution in [1.29, 1.82) is 0 Å². The van der Waals surface area contributed by atoms with E-state index in [2.05, 4.69) is 10.6 Å². The van der Waals surface area contributed by atoms with Crippen molar-refractivity contribution in [3.63, 3.8) is 0 Å². The summed E-state index contributed by atoms with van der Waals surface area (Å²) in [5.41, 5.74) is 0.791. The van der Waals surface area contributed by atoms with Crippen molar-refractivity contribution in [1.82, 2.24) is 15.5 Å². The standard InChI is InChI=1S/C22H20F3N3O4/c23-15-3-1-2-14(9-15)22(24,25)21(32)26-10-12-4-5-16-13(8-12)11-28(20(16)31)17-6-7-18(29)27-19(17)30/h1-5,8-9,17,19,30H,6-7,10-11H2,(H,26,32)(H,27,29). The molecule has 2 aromatic carbocycles. The number of aliphatic hydroxyl groups excluding tert-OH is 1. The summed E-state index contributed by atoms with van der Waals surface area (Å²) >= 11 is 0. The zero-order chi connectivity index (χ0) is 23.0. The smallest absolute Gasteiger partial charge is 0.349 e. The van der Waals surface area contributed by atoms with Gasteiger partial charge < -0.3 is 20.6 Å². The first-order valence-electron chi connectivity index (χ1n) is 9.99. The van der Waals surface area contributed by atoms with Crippen molar-refractivity contribution in [3.8, 4) is 0 Å². The zero-order valence-corrected chi connectivity index (χ0v) is 16.8. The summed E-state index contributed by atoms with van der Waals surface area (Å²) in [6.07, 6.45) is -0.651. The number of alkyl halides is 2. The van der Waals surface area contributed by atoms with Crippen LogP contribution in [0.5, 0.6) is 0 Å². The summed E-state index contributed by atoms with van der Waals surface area (Å²) in [6.45, 7) is -0.0275. The monoisotopic (exact) mass is 447 g/mol. The van der Waals surface area contributed by atoms with E-state index in [0.717, 1.165) is 18.2 Å². The molecule has 0 spiro atoms. The van der Waals surface area contributed by atoms with Gasteiger partial charge in [-0.1, -0.05) is 24.3 Å². The van der Waals surface area contributed by atoms with Gasteiger partial charge in [-0.2, -0.15) is 8.78 Å². The van der Waals surface area contributed by atoms with Crippen molar-refractivity contribution >= 4 is 17.7 Å². The Labute approximate surface area is 181 Å². The summed E-state index contributed by atoms with van der Waals surface area (Å²) in [5.74, 6) is -6.93. The topological polar surface area (TPSA) is 98.7 Å². The summed E-state index contributed by atoms with van der Waals surface area (Å²) in [4.78, 5) is 37.6. The number of benzene rings is 2. The van der Waals surface area contributed by atoms with Crippen LogP contribution in [0.15, 0.2) is 42.5 Å². The largest absolute Gasteiger partial charge is 0.372 e. The van der Waals surface area contributed by atoms with Crippen molar-refractivity contribution < 1.29 is 32.7 Å². The number of hydrogen-bond donors (Lipinski definition) is 3. The second kappa shape index (κ2) is 8.27. The van der Waals surface area contributed by atoms with Crippen molar-refractivity contribution in [3.05, 3.63) is 70.5 Å². The SMILES string of the molecule is O=C1CCC(N2Cc3cc(CNC(=O)C(F)(F)c4cccc(F)c4)ccc3C2=O)C(O)N1. The molecule has 3 amide bonds. The lowest BCUT2D eigenvalue weighted by Gasteiger charge is -2.35. The van der Waals surface area contributed by atoms with Crippen LogP contribution in [0.1, 0.15) is 39.9 Å². The van der Waals surface area contributed by atoms with E-state index < -0.39 is 35.5 Å². The third-order valence-electron chi connectivity index (χ3n) is 5.67. The van der Waals surface area contributed by atoms with Gasteiger partial charge >= 0.3 is 5.92 Å². The van der Waals surface area contributed by atoms with Gasteiger partial charge in [-0.3, -0.25) is 14.4 Å². The predicted molar refractivity (Wildman–Crippen MR) is 106 cm³/mol. The second-order valence-electron chi connectivity index (χ2n) is 7.81. The quantitative estimate of drug-likeness (QED) is 0.651. The summed E-state index contributed by atoms with van der Waals surface area (Å²) in [7, 11) is 0. The first kappa shape index (κ1) is 21.8. The number of fused-ring (bicyclic) bond motifs is 1. The third kappa shape index (κ3) is 4.05. The fourth-order valence-corrected chi connectivity index (χ4v) is 3.98. The molecule has 2 unspecified atom stereocenters. The lowest BCUT2D eigenvalue weighted by molar-refractivity contribution is -0.147. The maximum atomic E-state index is 14.3. The number of carbonyl (C=O) groups is 3. The number of hydrogen-bond acceptors (Lipinski definition) is 4. The van der Waals surface area contributed by atoms with E-state index in [1.54, 1.807) is 12.1 Å². The van der Waals surface area contributed by atoms with Gasteiger partial charge in [0.25, 0.3) is 11.8 Å². The molecule has 1 saturated heterocycles. The summed E-state index contributed by atoms with van der Waals surface area (Å²) < 4.78 is 41.9. The van der Waals surface area contributed by atoms with Gasteiger partial charge in [-0.15, -0.1) is 0 Å². The van der Waals surface area contributed by atoms with Crippen LogP contribution in [-0.2, 0) is 28.6 Å². The Kier molecular flexibility index (Phi) is 5.64. The van der Waals surface area contributed by atoms with Crippen LogP contribution in [-0.4, -0.2) is 40.0 Å². The number of halogens is 3. The number of nitrogens with zero attached hydrogens (tertiary/aromatic N) is 1. The maximum absolute atomic E-state index is 14.3. The molecule has 0 bridgehead atoms. The van der Waals surface area contributed by atoms with Gasteiger partial charge in [0.1, 0.15) is 12.0 Å². The Morgan fingerprint density at radius 1 is 1.22 bits per heavy atom. The lowest BCUT2D eigenvalue weighted by atomic mass is 10.0. The first-order chi connectivity index (χ1) is 15.2. The zero-order valence-electron chi connectivity index (χ0n) is 16.8. The molecule has 0 radical (unpaired) electrons. The van der Waals surface area contributed by atoms with Crippen molar-refractivity contribution in [2.45, 2.75) is 44.1 Å². The normalized spacial score (nSPS) is 20.7. The highest BCUT2D eigenvalue weighted by Crippen LogP contribution is 2.30. The molecule has 4 rings (SSSR count). The van der Waals surface area contributed by atoms with Gasteiger partial charge in [0.15, 0.2) is 0 Å². The Bertz CT molecular complexity index is 1090. The average molecular weight is 447 g/mol. The summed E-state index contributed by atoms with van der Waals surface area (Å²) in [6, 6.07) is 7.83. The van der Waals surface area contributed by atoms with E-state index in [4.69, 9.17) is 0 Å². The van der Waals surface area contributed by atoms with Crippen molar-refractivity contribution in [2.75, 3.05) is 0 Å². The molecule has 10 heteroatoms. The average Bonchev–Trinajstić information content (AvgIpc) is 3.07. The maximum Gasteiger partial charge on any atom is 0.349 e. The Balaban J connectivity index is 1.43. The van der Waals surface area contributed by atoms with Gasteiger partial charge in [-0.05, 0) is 35.7 Å². The molecule has 2 aliphatic rings. The molecule has 0 saturated carbocycles. The Hall–Kier alpha value is -3.40. The molecule has 2 atom stereocenters. The highest BCUT2D eigenvalue weighted by molar-refractivity contribution is 5.98. The Morgan fingerprint density at radius 2 is 2.00 bits per heavy atom. The van der Waals surface area contributed by atoms with Crippen LogP contribution in [0.25, 0.3) is 0 Å². The van der Waals surface area contributed by atoms with Gasteiger partial charge in [-0.25, -0.2) is 4.39 Å². The minimum atomic E-state index is -3.91. The number of aliphatic hydroxyl groups is 1. The predicted octanol–water partition coefficient (Wildman–Crippen LogP) is 1.79. The van der Waals surface area contributed by atoms with Crippen LogP contribution in [0, 0.1) is 5.82 Å². The van der Waals surface area contributed by atoms with Gasteiger partial charge in [0.2, 0.25) is 5.91 Å². The molecule has 2 heterocycles. The fraction of sp³-hybridized carbons (Fsp3) is 0.318. The van der Waals surface area contributed by atoms with Crippen LogP contribution in [0.3, 0.4) is 0 Å². The highest BCUT2D eigenvalue weighted by atomic mass is 19.3. The number of carbonyl (C=O) groups excluding carboxylic acids is 3. The van der Waals surface area contributed by atoms with Gasteiger partial charge in [0.05, 0.1) is 6.04 Å². The van der Waals surface area contributed by atoms with E-state index in [1.165, 1.54) is 11.0 Å². The molecular formula is C22H20F3N3O4. The lowest BCUT2D eigenvalue weighted by Crippen LogP contribution is -2.55. The van der Waals surface area contributed by atoms with E-state index in [9.17, 15) is 32.7 Å². The van der Waals surface area contributed by atoms with Crippen LogP contribution in [0.2, 0.25) is 0 Å². The molecular weight excluding hydrogens is 427 g/mol. The molecule has 0 aliphatic carbocycles. The van der Waals surface area contributed by atoms with Crippen molar-refractivity contribution in [2.24, 2.45) is 0 Å². The molecule has 0 aromatic heterocycles. The minimum absolute atomic E-state index is 0.188. The van der Waals surface area contributed by atoms with E-state index in [0.29, 0.717) is 29.2 Å². The minimum Gasteiger partial charge on any atom is -0.372 e.